The molecule has 2 unspecified atom stereocenters. The SMILES string of the molecule is CC(O)C1CCCCN1C(=O)c1ccc(Oc2ccccc2)o1. The van der Waals surface area contributed by atoms with E-state index in [2.05, 4.69) is 0 Å². The number of hydrogen-bond donors (Lipinski definition) is 1. The lowest BCUT2D eigenvalue weighted by atomic mass is 9.98. The highest BCUT2D eigenvalue weighted by Crippen LogP contribution is 2.27. The summed E-state index contributed by atoms with van der Waals surface area (Å²) in [5.41, 5.74) is 0. The molecule has 5 nitrogen and oxygen atoms in total. The van der Waals surface area contributed by atoms with E-state index < -0.39 is 6.10 Å². The van der Waals surface area contributed by atoms with Crippen LogP contribution in [0.15, 0.2) is 46.9 Å². The third-order valence-corrected chi connectivity index (χ3v) is 4.12. The largest absolute Gasteiger partial charge is 0.426 e. The number of aliphatic hydroxyl groups is 1. The van der Waals surface area contributed by atoms with Crippen molar-refractivity contribution in [3.63, 3.8) is 0 Å². The van der Waals surface area contributed by atoms with Crippen molar-refractivity contribution in [2.45, 2.75) is 38.3 Å². The fraction of sp³-hybridized carbons (Fsp3) is 0.389. The quantitative estimate of drug-likeness (QED) is 0.938. The molecule has 1 aliphatic heterocycles. The van der Waals surface area contributed by atoms with Crippen LogP contribution in [0.4, 0.5) is 0 Å². The van der Waals surface area contributed by atoms with Crippen LogP contribution in [0.25, 0.3) is 0 Å². The van der Waals surface area contributed by atoms with Gasteiger partial charge in [-0.25, -0.2) is 0 Å². The van der Waals surface area contributed by atoms with Crippen molar-refractivity contribution < 1.29 is 19.1 Å². The molecule has 1 saturated heterocycles. The number of piperidine rings is 1. The maximum Gasteiger partial charge on any atom is 0.290 e. The first-order chi connectivity index (χ1) is 11.1. The molecule has 2 atom stereocenters. The number of nitrogens with zero attached hydrogens (tertiary/aromatic N) is 1. The molecule has 3 rings (SSSR count). The van der Waals surface area contributed by atoms with E-state index in [1.165, 1.54) is 0 Å². The van der Waals surface area contributed by atoms with Crippen LogP contribution in [-0.4, -0.2) is 34.6 Å². The molecule has 0 spiro atoms. The summed E-state index contributed by atoms with van der Waals surface area (Å²) in [6.45, 7) is 2.37. The van der Waals surface area contributed by atoms with E-state index in [4.69, 9.17) is 9.15 Å². The number of amides is 1. The number of furan rings is 1. The van der Waals surface area contributed by atoms with Gasteiger partial charge < -0.3 is 19.2 Å². The Morgan fingerprint density at radius 3 is 2.78 bits per heavy atom. The molecule has 0 aliphatic carbocycles. The van der Waals surface area contributed by atoms with Gasteiger partial charge in [-0.2, -0.15) is 0 Å². The summed E-state index contributed by atoms with van der Waals surface area (Å²) < 4.78 is 11.1. The molecule has 1 aromatic heterocycles. The number of hydrogen-bond acceptors (Lipinski definition) is 4. The average molecular weight is 315 g/mol. The van der Waals surface area contributed by atoms with E-state index in [1.807, 2.05) is 30.3 Å². The van der Waals surface area contributed by atoms with Crippen LogP contribution in [0, 0.1) is 0 Å². The van der Waals surface area contributed by atoms with Gasteiger partial charge in [0.15, 0.2) is 5.76 Å². The molecule has 1 aromatic carbocycles. The molecule has 0 saturated carbocycles. The lowest BCUT2D eigenvalue weighted by Crippen LogP contribution is -2.48. The van der Waals surface area contributed by atoms with Gasteiger partial charge in [0.1, 0.15) is 5.75 Å². The zero-order valence-corrected chi connectivity index (χ0v) is 13.1. The van der Waals surface area contributed by atoms with Gasteiger partial charge >= 0.3 is 0 Å². The Bertz CT molecular complexity index is 650. The minimum atomic E-state index is -0.547. The number of para-hydroxylation sites is 1. The van der Waals surface area contributed by atoms with Crippen LogP contribution in [-0.2, 0) is 0 Å². The maximum atomic E-state index is 12.6. The molecule has 122 valence electrons. The van der Waals surface area contributed by atoms with Crippen LogP contribution >= 0.6 is 0 Å². The third-order valence-electron chi connectivity index (χ3n) is 4.12. The van der Waals surface area contributed by atoms with Crippen LogP contribution in [0.1, 0.15) is 36.7 Å². The van der Waals surface area contributed by atoms with Gasteiger partial charge in [-0.3, -0.25) is 4.79 Å². The molecule has 1 N–H and O–H groups in total. The van der Waals surface area contributed by atoms with Crippen molar-refractivity contribution in [2.75, 3.05) is 6.54 Å². The first-order valence-electron chi connectivity index (χ1n) is 7.97. The summed E-state index contributed by atoms with van der Waals surface area (Å²) in [6.07, 6.45) is 2.25. The topological polar surface area (TPSA) is 62.9 Å². The maximum absolute atomic E-state index is 12.6. The summed E-state index contributed by atoms with van der Waals surface area (Å²) in [4.78, 5) is 14.4. The van der Waals surface area contributed by atoms with Gasteiger partial charge in [0.25, 0.3) is 11.9 Å². The molecule has 1 amide bonds. The number of ether oxygens (including phenoxy) is 1. The Morgan fingerprint density at radius 1 is 1.26 bits per heavy atom. The first kappa shape index (κ1) is 15.6. The molecule has 23 heavy (non-hydrogen) atoms. The summed E-state index contributed by atoms with van der Waals surface area (Å²) >= 11 is 0. The van der Waals surface area contributed by atoms with E-state index in [0.29, 0.717) is 12.3 Å². The Balaban J connectivity index is 1.72. The number of rotatable bonds is 4. The van der Waals surface area contributed by atoms with Gasteiger partial charge in [-0.1, -0.05) is 18.2 Å². The Labute approximate surface area is 135 Å². The number of carbonyl (C=O) groups is 1. The standard InChI is InChI=1S/C18H21NO4/c1-13(20)15-9-5-6-12-19(15)18(21)16-10-11-17(23-16)22-14-7-3-2-4-8-14/h2-4,7-8,10-11,13,15,20H,5-6,9,12H2,1H3. The van der Waals surface area contributed by atoms with Gasteiger partial charge in [0.05, 0.1) is 12.1 Å². The van der Waals surface area contributed by atoms with Gasteiger partial charge in [0, 0.05) is 12.6 Å². The summed E-state index contributed by atoms with van der Waals surface area (Å²) in [6, 6.07) is 12.4. The Kier molecular flexibility index (Phi) is 4.67. The van der Waals surface area contributed by atoms with Gasteiger partial charge in [-0.15, -0.1) is 0 Å². The fourth-order valence-electron chi connectivity index (χ4n) is 2.95. The normalized spacial score (nSPS) is 19.4. The van der Waals surface area contributed by atoms with E-state index in [0.717, 1.165) is 19.3 Å². The van der Waals surface area contributed by atoms with Crippen molar-refractivity contribution in [1.82, 2.24) is 4.90 Å². The Hall–Kier alpha value is -2.27. The molecule has 1 aliphatic rings. The monoisotopic (exact) mass is 315 g/mol. The zero-order chi connectivity index (χ0) is 16.2. The smallest absolute Gasteiger partial charge is 0.290 e. The van der Waals surface area contributed by atoms with Crippen LogP contribution in [0.5, 0.6) is 11.7 Å². The average Bonchev–Trinajstić information content (AvgIpc) is 3.03. The number of likely N-dealkylation sites (tertiary alicyclic amines) is 1. The third kappa shape index (κ3) is 3.56. The van der Waals surface area contributed by atoms with Gasteiger partial charge in [-0.05, 0) is 44.4 Å². The summed E-state index contributed by atoms with van der Waals surface area (Å²) in [7, 11) is 0. The minimum absolute atomic E-state index is 0.153. The first-order valence-corrected chi connectivity index (χ1v) is 7.97. The lowest BCUT2D eigenvalue weighted by molar-refractivity contribution is 0.0255. The van der Waals surface area contributed by atoms with Gasteiger partial charge in [0.2, 0.25) is 0 Å². The predicted molar refractivity (Wildman–Crippen MR) is 85.6 cm³/mol. The minimum Gasteiger partial charge on any atom is -0.426 e. The molecule has 2 heterocycles. The van der Waals surface area contributed by atoms with Crippen LogP contribution in [0.2, 0.25) is 0 Å². The van der Waals surface area contributed by atoms with Crippen molar-refractivity contribution in [1.29, 1.82) is 0 Å². The molecule has 5 heteroatoms. The second kappa shape index (κ2) is 6.87. The molecular formula is C18H21NO4. The summed E-state index contributed by atoms with van der Waals surface area (Å²) in [5, 5.41) is 9.89. The predicted octanol–water partition coefficient (Wildman–Crippen LogP) is 3.45. The molecule has 1 fully saturated rings. The van der Waals surface area contributed by atoms with Crippen molar-refractivity contribution >= 4 is 5.91 Å². The van der Waals surface area contributed by atoms with Crippen molar-refractivity contribution in [2.24, 2.45) is 0 Å². The lowest BCUT2D eigenvalue weighted by Gasteiger charge is -2.36. The molecular weight excluding hydrogens is 294 g/mol. The van der Waals surface area contributed by atoms with Crippen molar-refractivity contribution in [3.05, 3.63) is 48.2 Å². The fourth-order valence-corrected chi connectivity index (χ4v) is 2.95. The number of aliphatic hydroxyl groups excluding tert-OH is 1. The van der Waals surface area contributed by atoms with E-state index in [9.17, 15) is 9.90 Å². The molecule has 2 aromatic rings. The molecule has 0 radical (unpaired) electrons. The van der Waals surface area contributed by atoms with Crippen LogP contribution in [0.3, 0.4) is 0 Å². The number of carbonyl (C=O) groups excluding carboxylic acids is 1. The highest BCUT2D eigenvalue weighted by molar-refractivity contribution is 5.92. The van der Waals surface area contributed by atoms with E-state index in [1.54, 1.807) is 24.0 Å². The highest BCUT2D eigenvalue weighted by atomic mass is 16.6. The second-order valence-corrected chi connectivity index (χ2v) is 5.84. The van der Waals surface area contributed by atoms with E-state index >= 15 is 0 Å². The molecule has 0 bridgehead atoms. The van der Waals surface area contributed by atoms with Crippen LogP contribution < -0.4 is 4.74 Å². The number of benzene rings is 1. The van der Waals surface area contributed by atoms with E-state index in [-0.39, 0.29) is 23.7 Å². The Morgan fingerprint density at radius 2 is 2.04 bits per heavy atom. The highest BCUT2D eigenvalue weighted by Gasteiger charge is 2.32. The summed E-state index contributed by atoms with van der Waals surface area (Å²) in [5.74, 6) is 0.979. The van der Waals surface area contributed by atoms with Crippen molar-refractivity contribution in [3.8, 4) is 11.7 Å². The second-order valence-electron chi connectivity index (χ2n) is 5.84. The zero-order valence-electron chi connectivity index (χ0n) is 13.1.